The summed E-state index contributed by atoms with van der Waals surface area (Å²) in [6, 6.07) is 14.3. The van der Waals surface area contributed by atoms with Crippen LogP contribution in [0.5, 0.6) is 0 Å². The number of hydrogen-bond donors (Lipinski definition) is 2. The number of aliphatic hydroxyl groups excluding tert-OH is 1. The molecule has 2 atom stereocenters. The van der Waals surface area contributed by atoms with Gasteiger partial charge in [-0.2, -0.15) is 0 Å². The van der Waals surface area contributed by atoms with Crippen LogP contribution in [0.3, 0.4) is 0 Å². The molecular formula is C19H15Cl2NO4S. The van der Waals surface area contributed by atoms with E-state index in [0.717, 1.165) is 0 Å². The highest BCUT2D eigenvalue weighted by molar-refractivity contribution is 7.89. The molecule has 8 heteroatoms. The molecule has 2 N–H and O–H groups in total. The van der Waals surface area contributed by atoms with Crippen molar-refractivity contribution in [3.63, 3.8) is 0 Å². The minimum atomic E-state index is -3.69. The van der Waals surface area contributed by atoms with Crippen LogP contribution in [0.15, 0.2) is 63.9 Å². The highest BCUT2D eigenvalue weighted by Gasteiger charge is 2.36. The molecule has 3 aromatic rings. The van der Waals surface area contributed by atoms with Gasteiger partial charge in [0.1, 0.15) is 11.5 Å². The van der Waals surface area contributed by atoms with Crippen LogP contribution in [0.2, 0.25) is 10.0 Å². The largest absolute Gasteiger partial charge is 0.461 e. The lowest BCUT2D eigenvalue weighted by atomic mass is 9.99. The molecule has 0 spiro atoms. The van der Waals surface area contributed by atoms with Crippen molar-refractivity contribution in [1.29, 1.82) is 0 Å². The number of hydrogen-bond acceptors (Lipinski definition) is 4. The molecule has 0 unspecified atom stereocenters. The van der Waals surface area contributed by atoms with Crippen molar-refractivity contribution in [3.8, 4) is 11.3 Å². The van der Waals surface area contributed by atoms with E-state index in [9.17, 15) is 13.5 Å². The Morgan fingerprint density at radius 1 is 1.07 bits per heavy atom. The van der Waals surface area contributed by atoms with Crippen molar-refractivity contribution in [2.24, 2.45) is 0 Å². The maximum atomic E-state index is 12.4. The molecule has 1 aromatic heterocycles. The molecule has 140 valence electrons. The summed E-state index contributed by atoms with van der Waals surface area (Å²) in [7, 11) is -3.69. The van der Waals surface area contributed by atoms with Gasteiger partial charge < -0.3 is 9.52 Å². The molecular weight excluding hydrogens is 409 g/mol. The first-order valence-electron chi connectivity index (χ1n) is 8.18. The summed E-state index contributed by atoms with van der Waals surface area (Å²) >= 11 is 12.1. The quantitative estimate of drug-likeness (QED) is 0.661. The van der Waals surface area contributed by atoms with Gasteiger partial charge in [0, 0.05) is 22.6 Å². The lowest BCUT2D eigenvalue weighted by Crippen LogP contribution is -2.45. The van der Waals surface area contributed by atoms with Gasteiger partial charge in [-0.3, -0.25) is 0 Å². The first-order chi connectivity index (χ1) is 12.8. The van der Waals surface area contributed by atoms with E-state index in [1.165, 1.54) is 6.07 Å². The topological polar surface area (TPSA) is 79.5 Å². The van der Waals surface area contributed by atoms with E-state index >= 15 is 0 Å². The highest BCUT2D eigenvalue weighted by atomic mass is 35.5. The number of benzene rings is 2. The normalized spacial score (nSPS) is 21.0. The van der Waals surface area contributed by atoms with Gasteiger partial charge in [-0.15, -0.1) is 0 Å². The number of furan rings is 1. The first-order valence-corrected chi connectivity index (χ1v) is 10.4. The molecule has 27 heavy (non-hydrogen) atoms. The molecule has 0 aliphatic carbocycles. The fraction of sp³-hybridized carbons (Fsp3) is 0.158. The minimum absolute atomic E-state index is 0.0989. The number of sulfonamides is 1. The van der Waals surface area contributed by atoms with Crippen molar-refractivity contribution < 1.29 is 17.9 Å². The van der Waals surface area contributed by atoms with Crippen molar-refractivity contribution in [3.05, 3.63) is 76.0 Å². The second-order valence-electron chi connectivity index (χ2n) is 6.30. The Hall–Kier alpha value is -1.83. The van der Waals surface area contributed by atoms with Gasteiger partial charge >= 0.3 is 0 Å². The fourth-order valence-corrected chi connectivity index (χ4v) is 5.20. The lowest BCUT2D eigenvalue weighted by molar-refractivity contribution is 0.129. The lowest BCUT2D eigenvalue weighted by Gasteiger charge is -2.30. The predicted molar refractivity (Wildman–Crippen MR) is 103 cm³/mol. The van der Waals surface area contributed by atoms with Crippen LogP contribution in [0, 0.1) is 0 Å². The van der Waals surface area contributed by atoms with Crippen molar-refractivity contribution >= 4 is 33.2 Å². The third-order valence-electron chi connectivity index (χ3n) is 4.49. The second kappa shape index (κ2) is 6.96. The average Bonchev–Trinajstić information content (AvgIpc) is 3.07. The van der Waals surface area contributed by atoms with Gasteiger partial charge in [0.05, 0.1) is 22.1 Å². The fourth-order valence-electron chi connectivity index (χ4n) is 3.21. The molecule has 0 amide bonds. The predicted octanol–water partition coefficient (Wildman–Crippen LogP) is 4.19. The van der Waals surface area contributed by atoms with E-state index in [4.69, 9.17) is 27.6 Å². The molecule has 0 fully saturated rings. The Bertz CT molecular complexity index is 1110. The molecule has 1 aliphatic heterocycles. The molecule has 0 radical (unpaired) electrons. The van der Waals surface area contributed by atoms with E-state index in [2.05, 4.69) is 4.72 Å². The molecule has 0 saturated heterocycles. The van der Waals surface area contributed by atoms with Gasteiger partial charge in [0.15, 0.2) is 0 Å². The zero-order valence-corrected chi connectivity index (χ0v) is 16.2. The van der Waals surface area contributed by atoms with Crippen LogP contribution in [0.1, 0.15) is 17.4 Å². The molecule has 4 rings (SSSR count). The van der Waals surface area contributed by atoms with Crippen LogP contribution in [0.25, 0.3) is 11.3 Å². The van der Waals surface area contributed by atoms with Crippen LogP contribution < -0.4 is 4.72 Å². The maximum Gasteiger partial charge on any atom is 0.241 e. The zero-order chi connectivity index (χ0) is 19.2. The molecule has 5 nitrogen and oxygen atoms in total. The van der Waals surface area contributed by atoms with Crippen molar-refractivity contribution in [2.75, 3.05) is 0 Å². The maximum absolute atomic E-state index is 12.4. The molecule has 2 aromatic carbocycles. The van der Waals surface area contributed by atoms with Crippen LogP contribution in [-0.4, -0.2) is 19.6 Å². The smallest absolute Gasteiger partial charge is 0.241 e. The average molecular weight is 424 g/mol. The summed E-state index contributed by atoms with van der Waals surface area (Å²) in [6.45, 7) is 0. The summed E-state index contributed by atoms with van der Waals surface area (Å²) in [5.74, 6) is 1.07. The van der Waals surface area contributed by atoms with E-state index in [0.29, 0.717) is 32.7 Å². The van der Waals surface area contributed by atoms with E-state index in [1.54, 1.807) is 48.5 Å². The molecule has 2 heterocycles. The van der Waals surface area contributed by atoms with E-state index in [1.807, 2.05) is 0 Å². The van der Waals surface area contributed by atoms with E-state index < -0.39 is 22.2 Å². The monoisotopic (exact) mass is 423 g/mol. The Morgan fingerprint density at radius 3 is 2.63 bits per heavy atom. The van der Waals surface area contributed by atoms with Gasteiger partial charge in [0.25, 0.3) is 0 Å². The Balaban J connectivity index is 1.61. The SMILES string of the molecule is O=S1(=O)N[C@@H](Cc2ccc(-c3ccc(Cl)cc3Cl)o2)[C@H](O)c2ccccc21. The Morgan fingerprint density at radius 2 is 1.85 bits per heavy atom. The van der Waals surface area contributed by atoms with Crippen LogP contribution >= 0.6 is 23.2 Å². The third-order valence-corrected chi connectivity index (χ3v) is 6.61. The Labute approximate surface area is 166 Å². The number of halogens is 2. The summed E-state index contributed by atoms with van der Waals surface area (Å²) in [4.78, 5) is 0.0989. The van der Waals surface area contributed by atoms with Gasteiger partial charge in [-0.1, -0.05) is 41.4 Å². The third kappa shape index (κ3) is 3.51. The van der Waals surface area contributed by atoms with Crippen molar-refractivity contribution in [1.82, 2.24) is 4.72 Å². The first kappa shape index (κ1) is 18.5. The van der Waals surface area contributed by atoms with E-state index in [-0.39, 0.29) is 11.3 Å². The standard InChI is InChI=1S/C19H15Cl2NO4S/c20-11-5-7-13(15(21)9-11)17-8-6-12(26-17)10-16-19(23)14-3-1-2-4-18(14)27(24,25)22-16/h1-9,16,19,22-23H,10H2/t16-,19+/m0/s1. The van der Waals surface area contributed by atoms with Gasteiger partial charge in [-0.05, 0) is 36.4 Å². The summed E-state index contributed by atoms with van der Waals surface area (Å²) in [6.07, 6.45) is -0.780. The highest BCUT2D eigenvalue weighted by Crippen LogP contribution is 2.34. The van der Waals surface area contributed by atoms with Gasteiger partial charge in [-0.25, -0.2) is 13.1 Å². The number of aliphatic hydroxyl groups is 1. The minimum Gasteiger partial charge on any atom is -0.461 e. The number of nitrogens with one attached hydrogen (secondary N) is 1. The molecule has 0 saturated carbocycles. The summed E-state index contributed by atoms with van der Waals surface area (Å²) < 4.78 is 33.2. The Kier molecular flexibility index (Phi) is 4.78. The van der Waals surface area contributed by atoms with Crippen LogP contribution in [0.4, 0.5) is 0 Å². The molecule has 1 aliphatic rings. The second-order valence-corrected chi connectivity index (χ2v) is 8.83. The summed E-state index contributed by atoms with van der Waals surface area (Å²) in [5.41, 5.74) is 1.07. The number of fused-ring (bicyclic) bond motifs is 1. The summed E-state index contributed by atoms with van der Waals surface area (Å²) in [5, 5.41) is 11.6. The van der Waals surface area contributed by atoms with Crippen molar-refractivity contribution in [2.45, 2.75) is 23.5 Å². The molecule has 0 bridgehead atoms. The van der Waals surface area contributed by atoms with Crippen LogP contribution in [-0.2, 0) is 16.4 Å². The zero-order valence-electron chi connectivity index (χ0n) is 13.9. The van der Waals surface area contributed by atoms with Gasteiger partial charge in [0.2, 0.25) is 10.0 Å². The number of rotatable bonds is 3.